The van der Waals surface area contributed by atoms with E-state index in [4.69, 9.17) is 0 Å². The topological polar surface area (TPSA) is 49.3 Å². The normalized spacial score (nSPS) is 21.9. The Morgan fingerprint density at radius 2 is 1.92 bits per heavy atom. The number of allylic oxidation sites excluding steroid dienone is 2. The van der Waals surface area contributed by atoms with Crippen molar-refractivity contribution in [2.45, 2.75) is 25.4 Å². The molecule has 1 saturated heterocycles. The van der Waals surface area contributed by atoms with Crippen molar-refractivity contribution in [2.24, 2.45) is 5.92 Å². The Bertz CT molecular complexity index is 624. The van der Waals surface area contributed by atoms with Crippen LogP contribution in [0.15, 0.2) is 24.4 Å². The van der Waals surface area contributed by atoms with E-state index in [1.165, 1.54) is 0 Å². The van der Waals surface area contributed by atoms with E-state index in [9.17, 15) is 18.0 Å². The SMILES string of the molecule is O=C([C@@H]1CC=CCC1)N1CCN(c2nccc(C(F)(F)F)n2)CC1. The second-order valence-corrected chi connectivity index (χ2v) is 6.03. The third-order valence-electron chi connectivity index (χ3n) is 4.43. The molecular weight excluding hydrogens is 321 g/mol. The van der Waals surface area contributed by atoms with E-state index in [1.54, 1.807) is 9.80 Å². The summed E-state index contributed by atoms with van der Waals surface area (Å²) in [7, 11) is 0. The summed E-state index contributed by atoms with van der Waals surface area (Å²) in [6.07, 6.45) is 3.34. The van der Waals surface area contributed by atoms with Gasteiger partial charge in [0.15, 0.2) is 0 Å². The van der Waals surface area contributed by atoms with Crippen LogP contribution in [-0.4, -0.2) is 47.0 Å². The van der Waals surface area contributed by atoms with Crippen LogP contribution in [0.4, 0.5) is 19.1 Å². The van der Waals surface area contributed by atoms with Crippen molar-refractivity contribution in [1.29, 1.82) is 0 Å². The summed E-state index contributed by atoms with van der Waals surface area (Å²) >= 11 is 0. The van der Waals surface area contributed by atoms with Crippen molar-refractivity contribution < 1.29 is 18.0 Å². The fourth-order valence-electron chi connectivity index (χ4n) is 3.06. The largest absolute Gasteiger partial charge is 0.433 e. The van der Waals surface area contributed by atoms with Crippen LogP contribution >= 0.6 is 0 Å². The number of alkyl halides is 3. The number of hydrogen-bond donors (Lipinski definition) is 0. The smallest absolute Gasteiger partial charge is 0.339 e. The Hall–Kier alpha value is -2.12. The van der Waals surface area contributed by atoms with Crippen molar-refractivity contribution >= 4 is 11.9 Å². The number of aromatic nitrogens is 2. The van der Waals surface area contributed by atoms with Crippen molar-refractivity contribution in [3.05, 3.63) is 30.1 Å². The van der Waals surface area contributed by atoms with Gasteiger partial charge in [-0.3, -0.25) is 4.79 Å². The van der Waals surface area contributed by atoms with Gasteiger partial charge in [-0.1, -0.05) is 12.2 Å². The van der Waals surface area contributed by atoms with Crippen LogP contribution < -0.4 is 4.90 Å². The summed E-state index contributed by atoms with van der Waals surface area (Å²) in [4.78, 5) is 23.5. The van der Waals surface area contributed by atoms with E-state index in [2.05, 4.69) is 16.0 Å². The molecule has 24 heavy (non-hydrogen) atoms. The lowest BCUT2D eigenvalue weighted by Crippen LogP contribution is -2.51. The molecule has 8 heteroatoms. The van der Waals surface area contributed by atoms with Gasteiger partial charge < -0.3 is 9.80 Å². The van der Waals surface area contributed by atoms with Gasteiger partial charge in [0.2, 0.25) is 11.9 Å². The third kappa shape index (κ3) is 3.68. The lowest BCUT2D eigenvalue weighted by molar-refractivity contribution is -0.141. The molecule has 1 aliphatic heterocycles. The van der Waals surface area contributed by atoms with Crippen LogP contribution in [0, 0.1) is 5.92 Å². The first-order valence-corrected chi connectivity index (χ1v) is 8.04. The number of nitrogens with zero attached hydrogens (tertiary/aromatic N) is 4. The van der Waals surface area contributed by atoms with Gasteiger partial charge in [0.05, 0.1) is 0 Å². The number of rotatable bonds is 2. The quantitative estimate of drug-likeness (QED) is 0.776. The molecule has 0 saturated carbocycles. The molecule has 1 aromatic rings. The molecule has 0 unspecified atom stereocenters. The summed E-state index contributed by atoms with van der Waals surface area (Å²) in [5.74, 6) is 0.243. The van der Waals surface area contributed by atoms with Crippen molar-refractivity contribution in [2.75, 3.05) is 31.1 Å². The maximum absolute atomic E-state index is 12.7. The number of carbonyl (C=O) groups excluding carboxylic acids is 1. The Labute approximate surface area is 138 Å². The highest BCUT2D eigenvalue weighted by atomic mass is 19.4. The Morgan fingerprint density at radius 3 is 2.54 bits per heavy atom. The van der Waals surface area contributed by atoms with Crippen LogP contribution in [0.25, 0.3) is 0 Å². The van der Waals surface area contributed by atoms with E-state index in [1.807, 2.05) is 6.08 Å². The molecule has 1 amide bonds. The van der Waals surface area contributed by atoms with Gasteiger partial charge in [-0.25, -0.2) is 9.97 Å². The molecule has 130 valence electrons. The zero-order valence-electron chi connectivity index (χ0n) is 13.2. The monoisotopic (exact) mass is 340 g/mol. The van der Waals surface area contributed by atoms with Gasteiger partial charge in [0.1, 0.15) is 5.69 Å². The van der Waals surface area contributed by atoms with Crippen LogP contribution in [0.3, 0.4) is 0 Å². The molecule has 1 aromatic heterocycles. The second-order valence-electron chi connectivity index (χ2n) is 6.03. The maximum atomic E-state index is 12.7. The first-order valence-electron chi connectivity index (χ1n) is 8.04. The van der Waals surface area contributed by atoms with Crippen LogP contribution in [-0.2, 0) is 11.0 Å². The van der Waals surface area contributed by atoms with E-state index >= 15 is 0 Å². The minimum atomic E-state index is -4.48. The summed E-state index contributed by atoms with van der Waals surface area (Å²) in [6.45, 7) is 1.85. The average molecular weight is 340 g/mol. The zero-order chi connectivity index (χ0) is 17.2. The lowest BCUT2D eigenvalue weighted by atomic mass is 9.93. The van der Waals surface area contributed by atoms with Crippen LogP contribution in [0.5, 0.6) is 0 Å². The summed E-state index contributed by atoms with van der Waals surface area (Å²) < 4.78 is 38.2. The van der Waals surface area contributed by atoms with Gasteiger partial charge in [0, 0.05) is 38.3 Å². The molecule has 3 rings (SSSR count). The number of amides is 1. The van der Waals surface area contributed by atoms with Gasteiger partial charge in [-0.15, -0.1) is 0 Å². The zero-order valence-corrected chi connectivity index (χ0v) is 13.2. The van der Waals surface area contributed by atoms with E-state index < -0.39 is 11.9 Å². The van der Waals surface area contributed by atoms with Gasteiger partial charge in [-0.2, -0.15) is 13.2 Å². The van der Waals surface area contributed by atoms with E-state index in [0.717, 1.165) is 31.5 Å². The number of halogens is 3. The minimum absolute atomic E-state index is 0.0337. The van der Waals surface area contributed by atoms with Gasteiger partial charge in [-0.05, 0) is 25.3 Å². The predicted molar refractivity (Wildman–Crippen MR) is 82.3 cm³/mol. The van der Waals surface area contributed by atoms with Crippen molar-refractivity contribution in [1.82, 2.24) is 14.9 Å². The third-order valence-corrected chi connectivity index (χ3v) is 4.43. The molecule has 2 heterocycles. The standard InChI is InChI=1S/C16H19F3N4O/c17-16(18,19)13-6-7-20-15(21-13)23-10-8-22(9-11-23)14(24)12-4-2-1-3-5-12/h1-2,6-7,12H,3-5,8-11H2/t12-/m1/s1. The molecule has 0 bridgehead atoms. The Balaban J connectivity index is 1.61. The maximum Gasteiger partial charge on any atom is 0.433 e. The molecule has 0 aromatic carbocycles. The molecule has 1 aliphatic carbocycles. The molecule has 5 nitrogen and oxygen atoms in total. The number of piperazine rings is 1. The minimum Gasteiger partial charge on any atom is -0.339 e. The lowest BCUT2D eigenvalue weighted by Gasteiger charge is -2.36. The highest BCUT2D eigenvalue weighted by molar-refractivity contribution is 5.79. The summed E-state index contributed by atoms with van der Waals surface area (Å²) in [5, 5.41) is 0. The number of anilines is 1. The molecule has 1 fully saturated rings. The molecule has 1 atom stereocenters. The fraction of sp³-hybridized carbons (Fsp3) is 0.562. The fourth-order valence-corrected chi connectivity index (χ4v) is 3.06. The first kappa shape index (κ1) is 16.7. The molecule has 2 aliphatic rings. The predicted octanol–water partition coefficient (Wildman–Crippen LogP) is 2.50. The van der Waals surface area contributed by atoms with Gasteiger partial charge in [0.25, 0.3) is 0 Å². The van der Waals surface area contributed by atoms with Gasteiger partial charge >= 0.3 is 6.18 Å². The molecule has 0 N–H and O–H groups in total. The van der Waals surface area contributed by atoms with E-state index in [0.29, 0.717) is 26.2 Å². The Kier molecular flexibility index (Phi) is 4.73. The highest BCUT2D eigenvalue weighted by Crippen LogP contribution is 2.28. The van der Waals surface area contributed by atoms with Crippen molar-refractivity contribution in [3.63, 3.8) is 0 Å². The van der Waals surface area contributed by atoms with Crippen molar-refractivity contribution in [3.8, 4) is 0 Å². The second kappa shape index (κ2) is 6.78. The highest BCUT2D eigenvalue weighted by Gasteiger charge is 2.34. The molecule has 0 spiro atoms. The Morgan fingerprint density at radius 1 is 1.17 bits per heavy atom. The van der Waals surface area contributed by atoms with Crippen LogP contribution in [0.2, 0.25) is 0 Å². The molecular formula is C16H19F3N4O. The summed E-state index contributed by atoms with van der Waals surface area (Å²) in [6, 6.07) is 0.861. The number of hydrogen-bond acceptors (Lipinski definition) is 4. The van der Waals surface area contributed by atoms with Crippen LogP contribution in [0.1, 0.15) is 25.0 Å². The van der Waals surface area contributed by atoms with E-state index in [-0.39, 0.29) is 17.8 Å². The molecule has 0 radical (unpaired) electrons. The summed E-state index contributed by atoms with van der Waals surface area (Å²) in [5.41, 5.74) is -0.944. The number of carbonyl (C=O) groups is 1. The average Bonchev–Trinajstić information content (AvgIpc) is 2.61. The first-order chi connectivity index (χ1) is 11.4.